The highest BCUT2D eigenvalue weighted by atomic mass is 16.6. The Balaban J connectivity index is 1.13. The molecule has 9 heteroatoms. The molecule has 1 saturated heterocycles. The van der Waals surface area contributed by atoms with Gasteiger partial charge in [-0.1, -0.05) is 18.2 Å². The third-order valence-corrected chi connectivity index (χ3v) is 8.73. The number of ether oxygens (including phenoxy) is 3. The highest BCUT2D eigenvalue weighted by molar-refractivity contribution is 5.88. The van der Waals surface area contributed by atoms with Crippen LogP contribution < -0.4 is 15.0 Å². The van der Waals surface area contributed by atoms with Gasteiger partial charge in [0.1, 0.15) is 17.2 Å². The molecule has 234 valence electrons. The number of anilines is 1. The van der Waals surface area contributed by atoms with E-state index < -0.39 is 5.60 Å². The van der Waals surface area contributed by atoms with Crippen molar-refractivity contribution in [2.75, 3.05) is 31.6 Å². The fourth-order valence-electron chi connectivity index (χ4n) is 6.69. The number of aryl methyl sites for hydroxylation is 1. The number of pyridine rings is 1. The van der Waals surface area contributed by atoms with E-state index in [4.69, 9.17) is 14.2 Å². The van der Waals surface area contributed by atoms with Gasteiger partial charge in [-0.15, -0.1) is 0 Å². The number of esters is 1. The van der Waals surface area contributed by atoms with E-state index in [2.05, 4.69) is 21.3 Å². The van der Waals surface area contributed by atoms with Gasteiger partial charge in [0.15, 0.2) is 0 Å². The maximum absolute atomic E-state index is 13.2. The predicted molar refractivity (Wildman–Crippen MR) is 166 cm³/mol. The number of piperidine rings is 1. The van der Waals surface area contributed by atoms with Crippen LogP contribution in [0.15, 0.2) is 42.6 Å². The number of carbonyl (C=O) groups is 2. The van der Waals surface area contributed by atoms with Crippen molar-refractivity contribution in [1.82, 2.24) is 15.2 Å². The van der Waals surface area contributed by atoms with Gasteiger partial charge in [-0.05, 0) is 108 Å². The molecule has 2 aromatic rings. The molecular formula is C34H48N4O5. The fraction of sp³-hybridized carbons (Fsp3) is 0.618. The smallest absolute Gasteiger partial charge is 0.416 e. The standard InChI is InChI=1S/C34H48N4O5/c1-22(2)42-26-15-12-23(13-16-26)29(19-30(39)41-6)36-31-27-20-37(21-28(27)31)18-8-10-25-14-11-24-9-7-17-35-32(24)38(25)33(40)43-34(3,4)5/h7,9,12-13,15-17,22,25,27-29,31,36H,8,10-11,14,18-21H2,1-6H3/t25?,27-,28+,29?,31?. The number of rotatable bonds is 11. The predicted octanol–water partition coefficient (Wildman–Crippen LogP) is 5.53. The molecular weight excluding hydrogens is 544 g/mol. The lowest BCUT2D eigenvalue weighted by Crippen LogP contribution is -2.47. The Kier molecular flexibility index (Phi) is 9.61. The zero-order chi connectivity index (χ0) is 30.7. The Morgan fingerprint density at radius 1 is 1.09 bits per heavy atom. The van der Waals surface area contributed by atoms with Crippen LogP contribution in [0.1, 0.15) is 77.5 Å². The summed E-state index contributed by atoms with van der Waals surface area (Å²) >= 11 is 0. The van der Waals surface area contributed by atoms with Gasteiger partial charge in [0, 0.05) is 37.4 Å². The largest absolute Gasteiger partial charge is 0.491 e. The Morgan fingerprint density at radius 3 is 2.47 bits per heavy atom. The summed E-state index contributed by atoms with van der Waals surface area (Å²) in [6.45, 7) is 12.8. The summed E-state index contributed by atoms with van der Waals surface area (Å²) in [6, 6.07) is 12.4. The number of hydrogen-bond donors (Lipinski definition) is 1. The second-order valence-corrected chi connectivity index (χ2v) is 13.5. The summed E-state index contributed by atoms with van der Waals surface area (Å²) in [5.74, 6) is 2.54. The zero-order valence-electron chi connectivity index (χ0n) is 26.5. The molecule has 5 rings (SSSR count). The molecule has 1 aromatic carbocycles. The number of benzene rings is 1. The molecule has 1 saturated carbocycles. The highest BCUT2D eigenvalue weighted by Gasteiger charge is 2.56. The number of amides is 1. The van der Waals surface area contributed by atoms with Crippen molar-refractivity contribution < 1.29 is 23.8 Å². The van der Waals surface area contributed by atoms with Crippen molar-refractivity contribution in [3.63, 3.8) is 0 Å². The number of nitrogens with one attached hydrogen (secondary N) is 1. The summed E-state index contributed by atoms with van der Waals surface area (Å²) in [4.78, 5) is 34.4. The van der Waals surface area contributed by atoms with Crippen molar-refractivity contribution >= 4 is 17.9 Å². The van der Waals surface area contributed by atoms with Crippen LogP contribution in [0.2, 0.25) is 0 Å². The Bertz CT molecular complexity index is 1250. The molecule has 3 aliphatic rings. The van der Waals surface area contributed by atoms with E-state index in [0.717, 1.165) is 68.0 Å². The van der Waals surface area contributed by atoms with Gasteiger partial charge in [0.25, 0.3) is 0 Å². The SMILES string of the molecule is COC(=O)CC(NC1[C@H]2CN(CCCC3CCc4cccnc4N3C(=O)OC(C)(C)C)C[C@@H]12)c1ccc(OC(C)C)cc1. The molecule has 2 aliphatic heterocycles. The van der Waals surface area contributed by atoms with E-state index >= 15 is 0 Å². The normalized spacial score (nSPS) is 23.8. The topological polar surface area (TPSA) is 93.2 Å². The van der Waals surface area contributed by atoms with Crippen LogP contribution in [0.4, 0.5) is 10.6 Å². The molecule has 1 aliphatic carbocycles. The molecule has 5 atom stereocenters. The first-order chi connectivity index (χ1) is 20.5. The first-order valence-electron chi connectivity index (χ1n) is 15.8. The van der Waals surface area contributed by atoms with Crippen LogP contribution in [-0.2, 0) is 20.7 Å². The molecule has 43 heavy (non-hydrogen) atoms. The lowest BCUT2D eigenvalue weighted by Gasteiger charge is -2.37. The Morgan fingerprint density at radius 2 is 1.81 bits per heavy atom. The zero-order valence-corrected chi connectivity index (χ0v) is 26.5. The van der Waals surface area contributed by atoms with Gasteiger partial charge in [-0.2, -0.15) is 0 Å². The van der Waals surface area contributed by atoms with E-state index in [1.807, 2.05) is 65.0 Å². The Hall–Kier alpha value is -3.17. The number of carbonyl (C=O) groups excluding carboxylic acids is 2. The van der Waals surface area contributed by atoms with Crippen molar-refractivity contribution in [1.29, 1.82) is 0 Å². The minimum absolute atomic E-state index is 0.0835. The fourth-order valence-corrected chi connectivity index (χ4v) is 6.69. The van der Waals surface area contributed by atoms with Crippen molar-refractivity contribution in [2.24, 2.45) is 11.8 Å². The Labute approximate surface area is 256 Å². The molecule has 3 unspecified atom stereocenters. The van der Waals surface area contributed by atoms with E-state index in [9.17, 15) is 9.59 Å². The molecule has 2 fully saturated rings. The third-order valence-electron chi connectivity index (χ3n) is 8.73. The quantitative estimate of drug-likeness (QED) is 0.341. The van der Waals surface area contributed by atoms with Crippen molar-refractivity contribution in [3.05, 3.63) is 53.7 Å². The van der Waals surface area contributed by atoms with Crippen LogP contribution in [0.3, 0.4) is 0 Å². The highest BCUT2D eigenvalue weighted by Crippen LogP contribution is 2.47. The van der Waals surface area contributed by atoms with Crippen molar-refractivity contribution in [3.8, 4) is 5.75 Å². The van der Waals surface area contributed by atoms with E-state index in [-0.39, 0.29) is 30.3 Å². The molecule has 1 N–H and O–H groups in total. The maximum Gasteiger partial charge on any atom is 0.416 e. The second kappa shape index (κ2) is 13.2. The van der Waals surface area contributed by atoms with Gasteiger partial charge in [0.05, 0.1) is 19.6 Å². The first kappa shape index (κ1) is 31.3. The summed E-state index contributed by atoms with van der Waals surface area (Å²) in [5, 5.41) is 3.78. The lowest BCUT2D eigenvalue weighted by molar-refractivity contribution is -0.141. The van der Waals surface area contributed by atoms with Gasteiger partial charge in [-0.3, -0.25) is 9.69 Å². The summed E-state index contributed by atoms with van der Waals surface area (Å²) < 4.78 is 16.6. The maximum atomic E-state index is 13.2. The van der Waals surface area contributed by atoms with Gasteiger partial charge < -0.3 is 24.4 Å². The minimum Gasteiger partial charge on any atom is -0.491 e. The molecule has 0 bridgehead atoms. The van der Waals surface area contributed by atoms with Crippen LogP contribution in [0.5, 0.6) is 5.75 Å². The molecule has 3 heterocycles. The monoisotopic (exact) mass is 592 g/mol. The van der Waals surface area contributed by atoms with Crippen LogP contribution in [0.25, 0.3) is 0 Å². The molecule has 1 amide bonds. The first-order valence-corrected chi connectivity index (χ1v) is 15.8. The van der Waals surface area contributed by atoms with Gasteiger partial charge in [0.2, 0.25) is 0 Å². The average Bonchev–Trinajstić information content (AvgIpc) is 3.38. The summed E-state index contributed by atoms with van der Waals surface area (Å²) in [7, 11) is 1.44. The van der Waals surface area contributed by atoms with E-state index in [1.54, 1.807) is 11.1 Å². The van der Waals surface area contributed by atoms with Crippen LogP contribution >= 0.6 is 0 Å². The number of hydrogen-bond acceptors (Lipinski definition) is 8. The third kappa shape index (κ3) is 7.87. The van der Waals surface area contributed by atoms with Crippen molar-refractivity contribution in [2.45, 2.75) is 96.6 Å². The number of fused-ring (bicyclic) bond motifs is 2. The number of likely N-dealkylation sites (tertiary alicyclic amines) is 1. The second-order valence-electron chi connectivity index (χ2n) is 13.5. The molecule has 1 aromatic heterocycles. The van der Waals surface area contributed by atoms with E-state index in [0.29, 0.717) is 24.3 Å². The minimum atomic E-state index is -0.559. The molecule has 9 nitrogen and oxygen atoms in total. The molecule has 0 spiro atoms. The summed E-state index contributed by atoms with van der Waals surface area (Å²) in [6.07, 6.45) is 5.64. The van der Waals surface area contributed by atoms with Gasteiger partial charge in [-0.25, -0.2) is 9.78 Å². The van der Waals surface area contributed by atoms with E-state index in [1.165, 1.54) is 7.11 Å². The average molecular weight is 593 g/mol. The van der Waals surface area contributed by atoms with Crippen LogP contribution in [-0.4, -0.2) is 72.5 Å². The lowest BCUT2D eigenvalue weighted by atomic mass is 9.95. The van der Waals surface area contributed by atoms with Crippen LogP contribution in [0, 0.1) is 11.8 Å². The number of nitrogens with zero attached hydrogens (tertiary/aromatic N) is 3. The number of methoxy groups -OCH3 is 1. The van der Waals surface area contributed by atoms with Gasteiger partial charge >= 0.3 is 12.1 Å². The summed E-state index contributed by atoms with van der Waals surface area (Å²) in [5.41, 5.74) is 1.62. The molecule has 0 radical (unpaired) electrons. The number of aromatic nitrogens is 1.